The van der Waals surface area contributed by atoms with Gasteiger partial charge in [-0.3, -0.25) is 0 Å². The van der Waals surface area contributed by atoms with Crippen LogP contribution in [0.5, 0.6) is 0 Å². The quantitative estimate of drug-likeness (QED) is 0.163. The zero-order valence-corrected chi connectivity index (χ0v) is 33.0. The van der Waals surface area contributed by atoms with Gasteiger partial charge in [0.1, 0.15) is 0 Å². The molecule has 0 aliphatic heterocycles. The molecule has 1 spiro atoms. The average Bonchev–Trinajstić information content (AvgIpc) is 3.85. The third-order valence-corrected chi connectivity index (χ3v) is 14.0. The summed E-state index contributed by atoms with van der Waals surface area (Å²) in [5, 5.41) is 7.57. The van der Waals surface area contributed by atoms with Crippen LogP contribution in [-0.4, -0.2) is 0 Å². The normalized spacial score (nSPS) is 16.2. The van der Waals surface area contributed by atoms with Crippen LogP contribution in [0.15, 0.2) is 200 Å². The number of fused-ring (bicyclic) bond motifs is 18. The lowest BCUT2D eigenvalue weighted by Gasteiger charge is -2.33. The molecule has 0 bridgehead atoms. The molecule has 0 amide bonds. The summed E-state index contributed by atoms with van der Waals surface area (Å²) in [5.41, 5.74) is 19.0. The van der Waals surface area contributed by atoms with Gasteiger partial charge in [-0.15, -0.1) is 0 Å². The van der Waals surface area contributed by atoms with Crippen molar-refractivity contribution in [3.63, 3.8) is 0 Å². The van der Waals surface area contributed by atoms with Gasteiger partial charge in [0.05, 0.1) is 11.1 Å². The van der Waals surface area contributed by atoms with E-state index in [0.717, 1.165) is 11.4 Å². The van der Waals surface area contributed by atoms with Crippen LogP contribution >= 0.6 is 0 Å². The molecule has 0 fully saturated rings. The van der Waals surface area contributed by atoms with Crippen molar-refractivity contribution in [2.75, 3.05) is 4.90 Å². The summed E-state index contributed by atoms with van der Waals surface area (Å²) in [6.45, 7) is 4.76. The van der Waals surface area contributed by atoms with Gasteiger partial charge in [-0.2, -0.15) is 0 Å². The molecule has 0 heterocycles. The molecule has 59 heavy (non-hydrogen) atoms. The predicted molar refractivity (Wildman–Crippen MR) is 248 cm³/mol. The topological polar surface area (TPSA) is 3.24 Å². The van der Waals surface area contributed by atoms with Gasteiger partial charge in [-0.05, 0) is 124 Å². The Morgan fingerprint density at radius 1 is 0.322 bits per heavy atom. The minimum absolute atomic E-state index is 0.138. The highest BCUT2D eigenvalue weighted by molar-refractivity contribution is 6.15. The maximum absolute atomic E-state index is 2.55. The van der Waals surface area contributed by atoms with Crippen LogP contribution in [0.1, 0.15) is 47.2 Å². The fourth-order valence-corrected chi connectivity index (χ4v) is 11.5. The number of benzene rings is 10. The smallest absolute Gasteiger partial charge is 0.0732 e. The van der Waals surface area contributed by atoms with E-state index in [1.165, 1.54) is 105 Å². The summed E-state index contributed by atoms with van der Waals surface area (Å²) >= 11 is 0. The van der Waals surface area contributed by atoms with Crippen molar-refractivity contribution in [3.8, 4) is 33.4 Å². The van der Waals surface area contributed by atoms with Gasteiger partial charge in [-0.1, -0.05) is 184 Å². The van der Waals surface area contributed by atoms with Gasteiger partial charge in [0.25, 0.3) is 0 Å². The van der Waals surface area contributed by atoms with Gasteiger partial charge in [-0.25, -0.2) is 0 Å². The summed E-state index contributed by atoms with van der Waals surface area (Å²) in [7, 11) is 0. The Kier molecular flexibility index (Phi) is 6.50. The van der Waals surface area contributed by atoms with Gasteiger partial charge in [0, 0.05) is 22.2 Å². The summed E-state index contributed by atoms with van der Waals surface area (Å²) in [6, 6.07) is 75.7. The molecule has 276 valence electrons. The molecule has 1 nitrogen and oxygen atoms in total. The molecule has 0 saturated carbocycles. The second-order valence-corrected chi connectivity index (χ2v) is 17.2. The number of hydrogen-bond donors (Lipinski definition) is 0. The Labute approximate surface area is 344 Å². The first-order valence-electron chi connectivity index (χ1n) is 20.8. The molecule has 1 heteroatoms. The van der Waals surface area contributed by atoms with Crippen molar-refractivity contribution in [2.24, 2.45) is 0 Å². The van der Waals surface area contributed by atoms with Crippen LogP contribution < -0.4 is 4.90 Å². The van der Waals surface area contributed by atoms with Crippen molar-refractivity contribution in [2.45, 2.75) is 24.7 Å². The molecule has 13 rings (SSSR count). The zero-order valence-electron chi connectivity index (χ0n) is 33.0. The Hall–Kier alpha value is -7.22. The van der Waals surface area contributed by atoms with E-state index in [0.29, 0.717) is 0 Å². The standard InChI is InChI=1S/C58H39N/c1-57(2)50-24-12-9-20-43(50)46-31-28-38(34-53(46)57)59(55-33-37-16-4-5-17-40(37)42-19-7-8-23-48(42)55)39-29-32-47-44-21-10-13-25-51(44)58(54(47)35-39)52-26-14-11-22-45(52)49-30-27-36-15-3-6-18-41(36)56(49)58/h3-35H,1-2H3. The molecule has 0 N–H and O–H groups in total. The van der Waals surface area contributed by atoms with E-state index >= 15 is 0 Å². The van der Waals surface area contributed by atoms with E-state index in [2.05, 4.69) is 219 Å². The van der Waals surface area contributed by atoms with Crippen LogP contribution in [0.4, 0.5) is 17.1 Å². The first kappa shape index (κ1) is 32.8. The zero-order chi connectivity index (χ0) is 39.0. The molecule has 3 aliphatic rings. The Morgan fingerprint density at radius 2 is 0.797 bits per heavy atom. The third-order valence-electron chi connectivity index (χ3n) is 14.0. The lowest BCUT2D eigenvalue weighted by molar-refractivity contribution is 0.660. The first-order valence-corrected chi connectivity index (χ1v) is 20.8. The van der Waals surface area contributed by atoms with Gasteiger partial charge in [0.15, 0.2) is 0 Å². The van der Waals surface area contributed by atoms with E-state index in [9.17, 15) is 0 Å². The largest absolute Gasteiger partial charge is 0.310 e. The number of hydrogen-bond acceptors (Lipinski definition) is 1. The van der Waals surface area contributed by atoms with E-state index < -0.39 is 5.41 Å². The summed E-state index contributed by atoms with van der Waals surface area (Å²) < 4.78 is 0. The van der Waals surface area contributed by atoms with E-state index in [-0.39, 0.29) is 5.41 Å². The van der Waals surface area contributed by atoms with Crippen molar-refractivity contribution in [1.29, 1.82) is 0 Å². The average molecular weight is 750 g/mol. The fraction of sp³-hybridized carbons (Fsp3) is 0.0690. The maximum Gasteiger partial charge on any atom is 0.0732 e. The van der Waals surface area contributed by atoms with Gasteiger partial charge >= 0.3 is 0 Å². The van der Waals surface area contributed by atoms with Crippen molar-refractivity contribution < 1.29 is 0 Å². The molecule has 10 aromatic carbocycles. The highest BCUT2D eigenvalue weighted by Gasteiger charge is 2.52. The van der Waals surface area contributed by atoms with Gasteiger partial charge in [0.2, 0.25) is 0 Å². The second kappa shape index (κ2) is 11.7. The molecular weight excluding hydrogens is 711 g/mol. The van der Waals surface area contributed by atoms with Crippen LogP contribution in [0.25, 0.3) is 65.7 Å². The number of nitrogens with zero attached hydrogens (tertiary/aromatic N) is 1. The fourth-order valence-electron chi connectivity index (χ4n) is 11.5. The van der Waals surface area contributed by atoms with E-state index in [1.807, 2.05) is 0 Å². The Balaban J connectivity index is 1.14. The molecule has 0 radical (unpaired) electrons. The molecule has 3 aliphatic carbocycles. The second-order valence-electron chi connectivity index (χ2n) is 17.2. The first-order chi connectivity index (χ1) is 29.0. The Morgan fingerprint density at radius 3 is 1.51 bits per heavy atom. The lowest BCUT2D eigenvalue weighted by Crippen LogP contribution is -2.26. The highest BCUT2D eigenvalue weighted by Crippen LogP contribution is 2.65. The SMILES string of the molecule is CC1(C)c2ccccc2-c2ccc(N(c3ccc4c(c3)C3(c5ccccc5-4)c4ccccc4-c4ccc5ccccc5c43)c3cc4ccccc4c4ccccc34)cc21. The third kappa shape index (κ3) is 4.19. The van der Waals surface area contributed by atoms with E-state index in [4.69, 9.17) is 0 Å². The van der Waals surface area contributed by atoms with Crippen molar-refractivity contribution >= 4 is 49.4 Å². The van der Waals surface area contributed by atoms with Gasteiger partial charge < -0.3 is 4.90 Å². The molecule has 0 aromatic heterocycles. The minimum Gasteiger partial charge on any atom is -0.310 e. The molecule has 10 aromatic rings. The lowest BCUT2D eigenvalue weighted by atomic mass is 9.69. The summed E-state index contributed by atoms with van der Waals surface area (Å²) in [4.78, 5) is 2.55. The molecule has 1 unspecified atom stereocenters. The predicted octanol–water partition coefficient (Wildman–Crippen LogP) is 15.3. The van der Waals surface area contributed by atoms with Crippen LogP contribution in [0.3, 0.4) is 0 Å². The molecule has 1 atom stereocenters. The summed E-state index contributed by atoms with van der Waals surface area (Å²) in [5.74, 6) is 0. The summed E-state index contributed by atoms with van der Waals surface area (Å²) in [6.07, 6.45) is 0. The van der Waals surface area contributed by atoms with Crippen LogP contribution in [0, 0.1) is 0 Å². The maximum atomic E-state index is 2.55. The molecular formula is C58H39N. The molecule has 0 saturated heterocycles. The van der Waals surface area contributed by atoms with Crippen LogP contribution in [-0.2, 0) is 10.8 Å². The number of anilines is 3. The Bertz CT molecular complexity index is 3430. The van der Waals surface area contributed by atoms with Crippen molar-refractivity contribution in [1.82, 2.24) is 0 Å². The highest BCUT2D eigenvalue weighted by atomic mass is 15.1. The number of rotatable bonds is 3. The van der Waals surface area contributed by atoms with E-state index in [1.54, 1.807) is 0 Å². The van der Waals surface area contributed by atoms with Crippen LogP contribution in [0.2, 0.25) is 0 Å². The minimum atomic E-state index is -0.493. The monoisotopic (exact) mass is 749 g/mol. The van der Waals surface area contributed by atoms with Crippen molar-refractivity contribution in [3.05, 3.63) is 234 Å².